The standard InChI is InChI=1S/C17H18ClNO3S/c1-11-3-7-13(8-4-11)23(20,21)19-16-10-17(22-2)15(18)9-14(16)12-5-6-12/h3-4,7-10,12,19H,5-6H2,1-2H3. The fraction of sp³-hybridized carbons (Fsp3) is 0.294. The Balaban J connectivity index is 1.99. The van der Waals surface area contributed by atoms with Gasteiger partial charge in [0.2, 0.25) is 0 Å². The zero-order valence-electron chi connectivity index (χ0n) is 13.0. The van der Waals surface area contributed by atoms with Crippen molar-refractivity contribution >= 4 is 27.3 Å². The van der Waals surface area contributed by atoms with Gasteiger partial charge in [-0.05, 0) is 49.4 Å². The molecule has 23 heavy (non-hydrogen) atoms. The first-order chi connectivity index (χ1) is 10.9. The van der Waals surface area contributed by atoms with Crippen LogP contribution in [0.15, 0.2) is 41.3 Å². The fourth-order valence-corrected chi connectivity index (χ4v) is 3.79. The molecule has 2 aromatic rings. The Morgan fingerprint density at radius 1 is 1.17 bits per heavy atom. The molecule has 3 rings (SSSR count). The predicted octanol–water partition coefficient (Wildman–Crippen LogP) is 4.34. The molecule has 0 heterocycles. The molecule has 0 aliphatic heterocycles. The van der Waals surface area contributed by atoms with Crippen LogP contribution in [0, 0.1) is 6.92 Å². The zero-order valence-corrected chi connectivity index (χ0v) is 14.5. The van der Waals surface area contributed by atoms with Crippen molar-refractivity contribution in [3.05, 3.63) is 52.5 Å². The van der Waals surface area contributed by atoms with Crippen molar-refractivity contribution in [3.63, 3.8) is 0 Å². The quantitative estimate of drug-likeness (QED) is 0.872. The largest absolute Gasteiger partial charge is 0.495 e. The van der Waals surface area contributed by atoms with Gasteiger partial charge in [0.25, 0.3) is 10.0 Å². The van der Waals surface area contributed by atoms with Crippen LogP contribution in [0.2, 0.25) is 5.02 Å². The first-order valence-electron chi connectivity index (χ1n) is 7.37. The van der Waals surface area contributed by atoms with Crippen molar-refractivity contribution in [2.75, 3.05) is 11.8 Å². The maximum Gasteiger partial charge on any atom is 0.261 e. The maximum absolute atomic E-state index is 12.6. The van der Waals surface area contributed by atoms with Gasteiger partial charge in [-0.25, -0.2) is 8.42 Å². The van der Waals surface area contributed by atoms with Crippen LogP contribution in [0.25, 0.3) is 0 Å². The van der Waals surface area contributed by atoms with Gasteiger partial charge in [-0.15, -0.1) is 0 Å². The van der Waals surface area contributed by atoms with E-state index in [-0.39, 0.29) is 4.90 Å². The maximum atomic E-state index is 12.6. The number of ether oxygens (including phenoxy) is 1. The zero-order chi connectivity index (χ0) is 16.6. The van der Waals surface area contributed by atoms with E-state index in [1.54, 1.807) is 36.4 Å². The Kier molecular flexibility index (Phi) is 4.25. The van der Waals surface area contributed by atoms with E-state index in [0.717, 1.165) is 24.0 Å². The third-order valence-corrected chi connectivity index (χ3v) is 5.59. The Morgan fingerprint density at radius 2 is 1.83 bits per heavy atom. The summed E-state index contributed by atoms with van der Waals surface area (Å²) in [6, 6.07) is 10.2. The topological polar surface area (TPSA) is 55.4 Å². The van der Waals surface area contributed by atoms with Gasteiger partial charge in [-0.2, -0.15) is 0 Å². The van der Waals surface area contributed by atoms with Crippen LogP contribution in [0.4, 0.5) is 5.69 Å². The smallest absolute Gasteiger partial charge is 0.261 e. The van der Waals surface area contributed by atoms with E-state index in [0.29, 0.717) is 22.4 Å². The molecule has 0 atom stereocenters. The van der Waals surface area contributed by atoms with E-state index in [2.05, 4.69) is 4.72 Å². The normalized spacial score (nSPS) is 14.6. The number of halogens is 1. The first kappa shape index (κ1) is 16.1. The van der Waals surface area contributed by atoms with E-state index in [1.165, 1.54) is 7.11 Å². The summed E-state index contributed by atoms with van der Waals surface area (Å²) in [6.07, 6.45) is 2.09. The molecule has 6 heteroatoms. The summed E-state index contributed by atoms with van der Waals surface area (Å²) in [5.74, 6) is 0.812. The molecule has 1 aliphatic rings. The minimum Gasteiger partial charge on any atom is -0.495 e. The van der Waals surface area contributed by atoms with Gasteiger partial charge in [-0.1, -0.05) is 29.3 Å². The number of sulfonamides is 1. The summed E-state index contributed by atoms with van der Waals surface area (Å²) in [7, 11) is -2.13. The molecule has 0 spiro atoms. The van der Waals surface area contributed by atoms with Crippen LogP contribution in [0.3, 0.4) is 0 Å². The average Bonchev–Trinajstić information content (AvgIpc) is 3.33. The molecule has 0 amide bonds. The summed E-state index contributed by atoms with van der Waals surface area (Å²) < 4.78 is 33.1. The van der Waals surface area contributed by atoms with Gasteiger partial charge in [-0.3, -0.25) is 4.72 Å². The number of methoxy groups -OCH3 is 1. The highest BCUT2D eigenvalue weighted by Gasteiger charge is 2.29. The molecule has 1 N–H and O–H groups in total. The van der Waals surface area contributed by atoms with Gasteiger partial charge >= 0.3 is 0 Å². The molecule has 0 aromatic heterocycles. The van der Waals surface area contributed by atoms with Crippen LogP contribution in [0.1, 0.15) is 29.9 Å². The van der Waals surface area contributed by atoms with Gasteiger partial charge in [0.15, 0.2) is 0 Å². The molecule has 1 aliphatic carbocycles. The molecule has 0 bridgehead atoms. The Morgan fingerprint density at radius 3 is 2.39 bits per heavy atom. The minimum atomic E-state index is -3.64. The average molecular weight is 352 g/mol. The summed E-state index contributed by atoms with van der Waals surface area (Å²) in [4.78, 5) is 0.235. The van der Waals surface area contributed by atoms with Crippen LogP contribution in [-0.4, -0.2) is 15.5 Å². The second-order valence-corrected chi connectivity index (χ2v) is 7.86. The van der Waals surface area contributed by atoms with Crippen LogP contribution in [0.5, 0.6) is 5.75 Å². The molecule has 0 unspecified atom stereocenters. The minimum absolute atomic E-state index is 0.235. The summed E-state index contributed by atoms with van der Waals surface area (Å²) in [5, 5.41) is 0.493. The van der Waals surface area contributed by atoms with E-state index in [4.69, 9.17) is 16.3 Å². The van der Waals surface area contributed by atoms with Gasteiger partial charge in [0.1, 0.15) is 5.75 Å². The number of aryl methyl sites for hydroxylation is 1. The van der Waals surface area contributed by atoms with Crippen molar-refractivity contribution in [2.24, 2.45) is 0 Å². The molecule has 1 fully saturated rings. The van der Waals surface area contributed by atoms with Crippen molar-refractivity contribution < 1.29 is 13.2 Å². The highest BCUT2D eigenvalue weighted by molar-refractivity contribution is 7.92. The van der Waals surface area contributed by atoms with E-state index >= 15 is 0 Å². The van der Waals surface area contributed by atoms with Gasteiger partial charge in [0.05, 0.1) is 22.7 Å². The van der Waals surface area contributed by atoms with Gasteiger partial charge in [0, 0.05) is 6.07 Å². The predicted molar refractivity (Wildman–Crippen MR) is 92.0 cm³/mol. The third-order valence-electron chi connectivity index (χ3n) is 3.92. The van der Waals surface area contributed by atoms with Crippen molar-refractivity contribution in [3.8, 4) is 5.75 Å². The number of nitrogens with one attached hydrogen (secondary N) is 1. The second-order valence-electron chi connectivity index (χ2n) is 5.77. The van der Waals surface area contributed by atoms with Gasteiger partial charge < -0.3 is 4.74 Å². The molecule has 122 valence electrons. The lowest BCUT2D eigenvalue weighted by Gasteiger charge is -2.15. The van der Waals surface area contributed by atoms with Crippen LogP contribution < -0.4 is 9.46 Å². The van der Waals surface area contributed by atoms with E-state index in [9.17, 15) is 8.42 Å². The van der Waals surface area contributed by atoms with Crippen LogP contribution >= 0.6 is 11.6 Å². The number of hydrogen-bond donors (Lipinski definition) is 1. The molecule has 0 saturated heterocycles. The van der Waals surface area contributed by atoms with E-state index in [1.807, 2.05) is 6.92 Å². The third kappa shape index (κ3) is 3.46. The molecule has 0 radical (unpaired) electrons. The lowest BCUT2D eigenvalue weighted by atomic mass is 10.1. The second kappa shape index (κ2) is 6.06. The number of hydrogen-bond acceptors (Lipinski definition) is 3. The fourth-order valence-electron chi connectivity index (χ4n) is 2.47. The summed E-state index contributed by atoms with van der Waals surface area (Å²) >= 11 is 6.18. The van der Waals surface area contributed by atoms with Crippen LogP contribution in [-0.2, 0) is 10.0 Å². The van der Waals surface area contributed by atoms with Crippen molar-refractivity contribution in [1.82, 2.24) is 0 Å². The molecule has 1 saturated carbocycles. The van der Waals surface area contributed by atoms with Crippen molar-refractivity contribution in [1.29, 1.82) is 0 Å². The highest BCUT2D eigenvalue weighted by atomic mass is 35.5. The Bertz CT molecular complexity index is 828. The lowest BCUT2D eigenvalue weighted by Crippen LogP contribution is -2.14. The van der Waals surface area contributed by atoms with E-state index < -0.39 is 10.0 Å². The molecular weight excluding hydrogens is 334 g/mol. The SMILES string of the molecule is COc1cc(NS(=O)(=O)c2ccc(C)cc2)c(C2CC2)cc1Cl. The lowest BCUT2D eigenvalue weighted by molar-refractivity contribution is 0.415. The number of rotatable bonds is 5. The molecule has 4 nitrogen and oxygen atoms in total. The first-order valence-corrected chi connectivity index (χ1v) is 9.24. The number of anilines is 1. The van der Waals surface area contributed by atoms with Crippen molar-refractivity contribution in [2.45, 2.75) is 30.6 Å². The Labute approximate surface area is 141 Å². The molecular formula is C17H18ClNO3S. The monoisotopic (exact) mass is 351 g/mol. The summed E-state index contributed by atoms with van der Waals surface area (Å²) in [5.41, 5.74) is 2.47. The number of benzene rings is 2. The summed E-state index contributed by atoms with van der Waals surface area (Å²) in [6.45, 7) is 1.92. The Hall–Kier alpha value is -1.72. The molecule has 2 aromatic carbocycles. The highest BCUT2D eigenvalue weighted by Crippen LogP contribution is 2.46.